The number of ether oxygens (including phenoxy) is 1. The van der Waals surface area contributed by atoms with E-state index in [1.807, 2.05) is 7.11 Å². The first-order valence-electron chi connectivity index (χ1n) is 7.20. The molecule has 0 aromatic rings. The summed E-state index contributed by atoms with van der Waals surface area (Å²) in [7, 11) is 4.13. The van der Waals surface area contributed by atoms with Crippen LogP contribution >= 0.6 is 0 Å². The summed E-state index contributed by atoms with van der Waals surface area (Å²) < 4.78 is 5.76. The highest BCUT2D eigenvalue weighted by Gasteiger charge is 2.45. The van der Waals surface area contributed by atoms with E-state index in [0.29, 0.717) is 6.10 Å². The van der Waals surface area contributed by atoms with Crippen LogP contribution in [0.3, 0.4) is 0 Å². The van der Waals surface area contributed by atoms with Gasteiger partial charge in [0.05, 0.1) is 11.6 Å². The van der Waals surface area contributed by atoms with Crippen LogP contribution < -0.4 is 5.73 Å². The van der Waals surface area contributed by atoms with Crippen molar-refractivity contribution in [3.63, 3.8) is 0 Å². The predicted octanol–water partition coefficient (Wildman–Crippen LogP) is 2.15. The van der Waals surface area contributed by atoms with E-state index in [9.17, 15) is 0 Å². The summed E-state index contributed by atoms with van der Waals surface area (Å²) >= 11 is 0. The molecule has 3 nitrogen and oxygen atoms in total. The molecule has 2 rings (SSSR count). The number of nitrogens with two attached hydrogens (primary N) is 1. The third-order valence-electron chi connectivity index (χ3n) is 5.14. The maximum Gasteiger partial charge on any atom is 0.0767 e. The summed E-state index contributed by atoms with van der Waals surface area (Å²) in [5.74, 6) is 0. The molecule has 0 amide bonds. The SMILES string of the molecule is COC1CCCCC1(CN)N(C)C1CCCC1. The van der Waals surface area contributed by atoms with Gasteiger partial charge in [0.2, 0.25) is 0 Å². The van der Waals surface area contributed by atoms with Crippen molar-refractivity contribution in [2.45, 2.75) is 69.1 Å². The Kier molecular flexibility index (Phi) is 4.45. The minimum Gasteiger partial charge on any atom is -0.379 e. The molecule has 2 N–H and O–H groups in total. The zero-order valence-corrected chi connectivity index (χ0v) is 11.5. The van der Waals surface area contributed by atoms with E-state index in [-0.39, 0.29) is 5.54 Å². The van der Waals surface area contributed by atoms with Crippen molar-refractivity contribution in [1.82, 2.24) is 4.90 Å². The van der Waals surface area contributed by atoms with E-state index in [1.165, 1.54) is 51.4 Å². The second-order valence-electron chi connectivity index (χ2n) is 5.83. The monoisotopic (exact) mass is 240 g/mol. The zero-order chi connectivity index (χ0) is 12.3. The molecule has 0 bridgehead atoms. The molecule has 3 heteroatoms. The topological polar surface area (TPSA) is 38.5 Å². The maximum atomic E-state index is 6.15. The van der Waals surface area contributed by atoms with Gasteiger partial charge in [0.15, 0.2) is 0 Å². The Morgan fingerprint density at radius 3 is 2.41 bits per heavy atom. The van der Waals surface area contributed by atoms with E-state index >= 15 is 0 Å². The summed E-state index contributed by atoms with van der Waals surface area (Å²) in [4.78, 5) is 2.58. The Hall–Kier alpha value is -0.120. The molecule has 2 saturated carbocycles. The smallest absolute Gasteiger partial charge is 0.0767 e. The van der Waals surface area contributed by atoms with Crippen molar-refractivity contribution >= 4 is 0 Å². The van der Waals surface area contributed by atoms with Crippen LogP contribution in [0, 0.1) is 0 Å². The van der Waals surface area contributed by atoms with E-state index in [4.69, 9.17) is 10.5 Å². The summed E-state index contributed by atoms with van der Waals surface area (Å²) in [6, 6.07) is 0.731. The van der Waals surface area contributed by atoms with Crippen LogP contribution in [0.1, 0.15) is 51.4 Å². The van der Waals surface area contributed by atoms with Gasteiger partial charge in [-0.1, -0.05) is 25.7 Å². The lowest BCUT2D eigenvalue weighted by Gasteiger charge is -2.51. The quantitative estimate of drug-likeness (QED) is 0.818. The van der Waals surface area contributed by atoms with Crippen molar-refractivity contribution in [3.8, 4) is 0 Å². The summed E-state index contributed by atoms with van der Waals surface area (Å²) in [6.07, 6.45) is 10.7. The van der Waals surface area contributed by atoms with Gasteiger partial charge >= 0.3 is 0 Å². The number of methoxy groups -OCH3 is 1. The van der Waals surface area contributed by atoms with Crippen LogP contribution in [0.25, 0.3) is 0 Å². The van der Waals surface area contributed by atoms with Crippen LogP contribution in [0.2, 0.25) is 0 Å². The number of hydrogen-bond acceptors (Lipinski definition) is 3. The second-order valence-corrected chi connectivity index (χ2v) is 5.83. The fourth-order valence-corrected chi connectivity index (χ4v) is 3.96. The van der Waals surface area contributed by atoms with Crippen LogP contribution in [-0.2, 0) is 4.74 Å². The van der Waals surface area contributed by atoms with Crippen molar-refractivity contribution in [2.24, 2.45) is 5.73 Å². The Bertz CT molecular complexity index is 240. The molecule has 0 radical (unpaired) electrons. The van der Waals surface area contributed by atoms with Gasteiger partial charge in [-0.3, -0.25) is 4.90 Å². The van der Waals surface area contributed by atoms with E-state index < -0.39 is 0 Å². The van der Waals surface area contributed by atoms with Gasteiger partial charge < -0.3 is 10.5 Å². The molecule has 17 heavy (non-hydrogen) atoms. The lowest BCUT2D eigenvalue weighted by molar-refractivity contribution is -0.0797. The largest absolute Gasteiger partial charge is 0.379 e. The lowest BCUT2D eigenvalue weighted by atomic mass is 9.77. The number of rotatable bonds is 4. The highest BCUT2D eigenvalue weighted by Crippen LogP contribution is 2.38. The average Bonchev–Trinajstić information content (AvgIpc) is 2.91. The molecular weight excluding hydrogens is 212 g/mol. The van der Waals surface area contributed by atoms with Gasteiger partial charge in [-0.25, -0.2) is 0 Å². The standard InChI is InChI=1S/C14H28N2O/c1-16(12-7-3-4-8-12)14(11-15)10-6-5-9-13(14)17-2/h12-13H,3-11,15H2,1-2H3. The molecule has 0 spiro atoms. The van der Waals surface area contributed by atoms with Crippen LogP contribution in [-0.4, -0.2) is 43.3 Å². The molecule has 0 aromatic carbocycles. The highest BCUT2D eigenvalue weighted by atomic mass is 16.5. The fraction of sp³-hybridized carbons (Fsp3) is 1.00. The summed E-state index contributed by atoms with van der Waals surface area (Å²) in [5, 5.41) is 0. The maximum absolute atomic E-state index is 6.15. The Morgan fingerprint density at radius 1 is 1.18 bits per heavy atom. The Morgan fingerprint density at radius 2 is 1.82 bits per heavy atom. The van der Waals surface area contributed by atoms with E-state index in [2.05, 4.69) is 11.9 Å². The van der Waals surface area contributed by atoms with Gasteiger partial charge in [0, 0.05) is 19.7 Å². The van der Waals surface area contributed by atoms with Crippen LogP contribution in [0.4, 0.5) is 0 Å². The zero-order valence-electron chi connectivity index (χ0n) is 11.5. The number of likely N-dealkylation sites (N-methyl/N-ethyl adjacent to an activating group) is 1. The minimum absolute atomic E-state index is 0.0992. The second kappa shape index (κ2) is 5.68. The molecule has 2 aliphatic rings. The molecule has 0 saturated heterocycles. The number of nitrogens with zero attached hydrogens (tertiary/aromatic N) is 1. The number of hydrogen-bond donors (Lipinski definition) is 1. The summed E-state index contributed by atoms with van der Waals surface area (Å²) in [5.41, 5.74) is 6.25. The Balaban J connectivity index is 2.14. The van der Waals surface area contributed by atoms with E-state index in [1.54, 1.807) is 0 Å². The van der Waals surface area contributed by atoms with Gasteiger partial charge in [-0.2, -0.15) is 0 Å². The first-order valence-corrected chi connectivity index (χ1v) is 7.20. The molecule has 2 aliphatic carbocycles. The molecule has 2 atom stereocenters. The fourth-order valence-electron chi connectivity index (χ4n) is 3.96. The van der Waals surface area contributed by atoms with Gasteiger partial charge in [0.1, 0.15) is 0 Å². The molecule has 0 heterocycles. The van der Waals surface area contributed by atoms with Crippen molar-refractivity contribution < 1.29 is 4.74 Å². The van der Waals surface area contributed by atoms with Gasteiger partial charge in [0.25, 0.3) is 0 Å². The van der Waals surface area contributed by atoms with Crippen molar-refractivity contribution in [3.05, 3.63) is 0 Å². The normalized spacial score (nSPS) is 35.6. The highest BCUT2D eigenvalue weighted by molar-refractivity contribution is 5.02. The first kappa shape index (κ1) is 13.3. The third kappa shape index (κ3) is 2.38. The van der Waals surface area contributed by atoms with Crippen LogP contribution in [0.15, 0.2) is 0 Å². The predicted molar refractivity (Wildman–Crippen MR) is 71.1 cm³/mol. The van der Waals surface area contributed by atoms with Crippen molar-refractivity contribution in [1.29, 1.82) is 0 Å². The van der Waals surface area contributed by atoms with Gasteiger partial charge in [-0.15, -0.1) is 0 Å². The van der Waals surface area contributed by atoms with Crippen molar-refractivity contribution in [2.75, 3.05) is 20.7 Å². The first-order chi connectivity index (χ1) is 8.24. The molecule has 100 valence electrons. The average molecular weight is 240 g/mol. The third-order valence-corrected chi connectivity index (χ3v) is 5.14. The molecule has 0 aromatic heterocycles. The molecule has 2 fully saturated rings. The molecular formula is C14H28N2O. The van der Waals surface area contributed by atoms with Gasteiger partial charge in [-0.05, 0) is 32.7 Å². The molecule has 0 aliphatic heterocycles. The van der Waals surface area contributed by atoms with Crippen LogP contribution in [0.5, 0.6) is 0 Å². The Labute approximate surface area is 106 Å². The molecule has 2 unspecified atom stereocenters. The van der Waals surface area contributed by atoms with E-state index in [0.717, 1.165) is 12.6 Å². The summed E-state index contributed by atoms with van der Waals surface area (Å²) in [6.45, 7) is 0.735. The lowest BCUT2D eigenvalue weighted by Crippen LogP contribution is -2.63. The minimum atomic E-state index is 0.0992.